The maximum atomic E-state index is 10.9. The van der Waals surface area contributed by atoms with Crippen molar-refractivity contribution in [2.45, 2.75) is 19.4 Å². The number of carbonyl (C=O) groups excluding carboxylic acids is 1. The predicted molar refractivity (Wildman–Crippen MR) is 69.5 cm³/mol. The topological polar surface area (TPSA) is 42.4 Å². The second kappa shape index (κ2) is 7.40. The lowest BCUT2D eigenvalue weighted by Crippen LogP contribution is -2.20. The number of rotatable bonds is 6. The van der Waals surface area contributed by atoms with Crippen molar-refractivity contribution < 1.29 is 9.53 Å². The second-order valence-corrected chi connectivity index (χ2v) is 4.84. The van der Waals surface area contributed by atoms with Crippen LogP contribution in [0.25, 0.3) is 0 Å². The van der Waals surface area contributed by atoms with Crippen LogP contribution in [0, 0.1) is 0 Å². The molecule has 0 aliphatic heterocycles. The van der Waals surface area contributed by atoms with Gasteiger partial charge in [0.05, 0.1) is 7.11 Å². The van der Waals surface area contributed by atoms with Crippen molar-refractivity contribution in [3.8, 4) is 0 Å². The Hall–Kier alpha value is -0.940. The molecule has 0 unspecified atom stereocenters. The number of hydrogen-bond donors (Lipinski definition) is 0. The van der Waals surface area contributed by atoms with E-state index in [0.717, 1.165) is 29.5 Å². The molecule has 0 aliphatic rings. The van der Waals surface area contributed by atoms with Gasteiger partial charge in [-0.25, -0.2) is 0 Å². The summed E-state index contributed by atoms with van der Waals surface area (Å²) in [5.74, 6) is -0.150. The molecule has 1 rings (SSSR count). The van der Waals surface area contributed by atoms with Crippen LogP contribution in [0.2, 0.25) is 0 Å². The number of aromatic nitrogens is 1. The lowest BCUT2D eigenvalue weighted by Gasteiger charge is -2.16. The van der Waals surface area contributed by atoms with E-state index in [4.69, 9.17) is 0 Å². The first kappa shape index (κ1) is 14.1. The molecular weight excluding hydrogens is 284 g/mol. The van der Waals surface area contributed by atoms with Crippen molar-refractivity contribution in [1.29, 1.82) is 0 Å². The maximum Gasteiger partial charge on any atom is 0.305 e. The fourth-order valence-corrected chi connectivity index (χ4v) is 1.94. The molecule has 0 saturated carbocycles. The van der Waals surface area contributed by atoms with Crippen LogP contribution in [0.3, 0.4) is 0 Å². The quantitative estimate of drug-likeness (QED) is 0.756. The summed E-state index contributed by atoms with van der Waals surface area (Å²) in [6.07, 6.45) is 4.89. The molecule has 0 radical (unpaired) electrons. The first-order valence-electron chi connectivity index (χ1n) is 5.46. The minimum absolute atomic E-state index is 0.150. The van der Waals surface area contributed by atoms with Gasteiger partial charge in [0.15, 0.2) is 0 Å². The predicted octanol–water partition coefficient (Wildman–Crippen LogP) is 2.23. The number of hydrogen-bond acceptors (Lipinski definition) is 4. The molecule has 0 amide bonds. The Morgan fingerprint density at radius 3 is 2.94 bits per heavy atom. The van der Waals surface area contributed by atoms with Gasteiger partial charge in [0.25, 0.3) is 0 Å². The summed E-state index contributed by atoms with van der Waals surface area (Å²) in [6, 6.07) is 2.05. The molecule has 0 saturated heterocycles. The van der Waals surface area contributed by atoms with Crippen molar-refractivity contribution in [1.82, 2.24) is 9.88 Å². The molecule has 94 valence electrons. The zero-order chi connectivity index (χ0) is 12.7. The largest absolute Gasteiger partial charge is 0.469 e. The molecule has 0 aliphatic carbocycles. The van der Waals surface area contributed by atoms with Crippen LogP contribution in [0.15, 0.2) is 22.9 Å². The van der Waals surface area contributed by atoms with Crippen LogP contribution in [-0.2, 0) is 16.1 Å². The van der Waals surface area contributed by atoms with E-state index in [0.29, 0.717) is 6.42 Å². The Labute approximate surface area is 110 Å². The Morgan fingerprint density at radius 2 is 2.29 bits per heavy atom. The summed E-state index contributed by atoms with van der Waals surface area (Å²) >= 11 is 3.39. The number of methoxy groups -OCH3 is 1. The third-order valence-electron chi connectivity index (χ3n) is 2.36. The van der Waals surface area contributed by atoms with E-state index >= 15 is 0 Å². The Kier molecular flexibility index (Phi) is 6.15. The summed E-state index contributed by atoms with van der Waals surface area (Å²) in [4.78, 5) is 17.2. The Morgan fingerprint density at radius 1 is 1.53 bits per heavy atom. The van der Waals surface area contributed by atoms with E-state index in [9.17, 15) is 4.79 Å². The van der Waals surface area contributed by atoms with Gasteiger partial charge in [-0.2, -0.15) is 0 Å². The zero-order valence-corrected chi connectivity index (χ0v) is 11.7. The highest BCUT2D eigenvalue weighted by atomic mass is 79.9. The lowest BCUT2D eigenvalue weighted by atomic mass is 10.2. The first-order chi connectivity index (χ1) is 8.11. The molecule has 17 heavy (non-hydrogen) atoms. The Bertz CT molecular complexity index is 371. The number of ether oxygens (including phenoxy) is 1. The van der Waals surface area contributed by atoms with Crippen LogP contribution >= 0.6 is 15.9 Å². The molecule has 1 aromatic heterocycles. The number of halogens is 1. The Balaban J connectivity index is 2.29. The van der Waals surface area contributed by atoms with E-state index < -0.39 is 0 Å². The van der Waals surface area contributed by atoms with Crippen LogP contribution in [0.1, 0.15) is 18.4 Å². The van der Waals surface area contributed by atoms with E-state index in [-0.39, 0.29) is 5.97 Å². The van der Waals surface area contributed by atoms with Crippen molar-refractivity contribution in [2.24, 2.45) is 0 Å². The summed E-state index contributed by atoms with van der Waals surface area (Å²) in [6.45, 7) is 1.69. The average molecular weight is 301 g/mol. The molecule has 0 aromatic carbocycles. The minimum Gasteiger partial charge on any atom is -0.469 e. The summed E-state index contributed by atoms with van der Waals surface area (Å²) in [5.41, 5.74) is 1.15. The van der Waals surface area contributed by atoms with Crippen LogP contribution in [0.5, 0.6) is 0 Å². The van der Waals surface area contributed by atoms with E-state index in [1.807, 2.05) is 19.3 Å². The monoisotopic (exact) mass is 300 g/mol. The smallest absolute Gasteiger partial charge is 0.305 e. The molecule has 4 nitrogen and oxygen atoms in total. The van der Waals surface area contributed by atoms with Crippen molar-refractivity contribution in [3.63, 3.8) is 0 Å². The van der Waals surface area contributed by atoms with Gasteiger partial charge in [0, 0.05) is 29.8 Å². The van der Waals surface area contributed by atoms with E-state index in [2.05, 4.69) is 30.6 Å². The SMILES string of the molecule is COC(=O)CCCN(C)Cc1cncc(Br)c1. The standard InChI is InChI=1S/C12H17BrN2O2/c1-15(5-3-4-12(16)17-2)9-10-6-11(13)8-14-7-10/h6-8H,3-5,9H2,1-2H3. The zero-order valence-electron chi connectivity index (χ0n) is 10.1. The van der Waals surface area contributed by atoms with Gasteiger partial charge in [-0.15, -0.1) is 0 Å². The van der Waals surface area contributed by atoms with Crippen LogP contribution in [0.4, 0.5) is 0 Å². The van der Waals surface area contributed by atoms with Crippen LogP contribution < -0.4 is 0 Å². The summed E-state index contributed by atoms with van der Waals surface area (Å²) in [5, 5.41) is 0. The second-order valence-electron chi connectivity index (χ2n) is 3.93. The van der Waals surface area contributed by atoms with Crippen molar-refractivity contribution in [2.75, 3.05) is 20.7 Å². The first-order valence-corrected chi connectivity index (χ1v) is 6.26. The van der Waals surface area contributed by atoms with Gasteiger partial charge in [-0.1, -0.05) is 0 Å². The number of carbonyl (C=O) groups is 1. The normalized spacial score (nSPS) is 10.6. The van der Waals surface area contributed by atoms with Gasteiger partial charge in [-0.3, -0.25) is 9.78 Å². The highest BCUT2D eigenvalue weighted by molar-refractivity contribution is 9.10. The minimum atomic E-state index is -0.150. The molecule has 5 heteroatoms. The fraction of sp³-hybridized carbons (Fsp3) is 0.500. The molecular formula is C12H17BrN2O2. The third-order valence-corrected chi connectivity index (χ3v) is 2.80. The van der Waals surface area contributed by atoms with E-state index in [1.165, 1.54) is 7.11 Å². The summed E-state index contributed by atoms with van der Waals surface area (Å²) < 4.78 is 5.58. The van der Waals surface area contributed by atoms with Gasteiger partial charge in [0.2, 0.25) is 0 Å². The molecule has 0 spiro atoms. The molecule has 0 N–H and O–H groups in total. The van der Waals surface area contributed by atoms with Gasteiger partial charge >= 0.3 is 5.97 Å². The summed E-state index contributed by atoms with van der Waals surface area (Å²) in [7, 11) is 3.44. The van der Waals surface area contributed by atoms with Crippen molar-refractivity contribution in [3.05, 3.63) is 28.5 Å². The van der Waals surface area contributed by atoms with Gasteiger partial charge in [-0.05, 0) is 47.6 Å². The molecule has 1 heterocycles. The average Bonchev–Trinajstić information content (AvgIpc) is 2.28. The molecule has 1 aromatic rings. The fourth-order valence-electron chi connectivity index (χ4n) is 1.53. The van der Waals surface area contributed by atoms with Crippen LogP contribution in [-0.4, -0.2) is 36.6 Å². The number of pyridine rings is 1. The molecule has 0 fully saturated rings. The third kappa shape index (κ3) is 5.79. The number of esters is 1. The van der Waals surface area contributed by atoms with E-state index in [1.54, 1.807) is 6.20 Å². The van der Waals surface area contributed by atoms with Gasteiger partial charge < -0.3 is 9.64 Å². The highest BCUT2D eigenvalue weighted by Crippen LogP contribution is 2.11. The molecule has 0 atom stereocenters. The van der Waals surface area contributed by atoms with Crippen molar-refractivity contribution >= 4 is 21.9 Å². The lowest BCUT2D eigenvalue weighted by molar-refractivity contribution is -0.140. The maximum absolute atomic E-state index is 10.9. The highest BCUT2D eigenvalue weighted by Gasteiger charge is 2.04. The number of nitrogens with zero attached hydrogens (tertiary/aromatic N) is 2. The van der Waals surface area contributed by atoms with Gasteiger partial charge in [0.1, 0.15) is 0 Å². The molecule has 0 bridgehead atoms.